The van der Waals surface area contributed by atoms with Crippen LogP contribution in [0.15, 0.2) is 71.9 Å². The van der Waals surface area contributed by atoms with Crippen molar-refractivity contribution in [1.29, 1.82) is 0 Å². The van der Waals surface area contributed by atoms with Crippen LogP contribution < -0.4 is 10.6 Å². The standard InChI is InChI=1S/C26H23ClF3N5OS/c1-16-7-3-4-8-18(16)15-37-25-34-33-23(35(25)22-13-19(27)12-11-17(22)2)14-31-24(36)32-21-10-6-5-9-20(21)26(28,29)30/h3-13H,14-15H2,1-2H3,(H2,31,32,36). The second-order valence-electron chi connectivity index (χ2n) is 8.23. The summed E-state index contributed by atoms with van der Waals surface area (Å²) >= 11 is 7.75. The largest absolute Gasteiger partial charge is 0.418 e. The van der Waals surface area contributed by atoms with Gasteiger partial charge in [0.15, 0.2) is 11.0 Å². The summed E-state index contributed by atoms with van der Waals surface area (Å²) in [5.74, 6) is 1.05. The lowest BCUT2D eigenvalue weighted by molar-refractivity contribution is -0.136. The Bertz CT molecular complexity index is 1420. The molecule has 3 aromatic carbocycles. The number of alkyl halides is 3. The predicted octanol–water partition coefficient (Wildman–Crippen LogP) is 7.17. The van der Waals surface area contributed by atoms with Crippen LogP contribution in [-0.2, 0) is 18.5 Å². The Morgan fingerprint density at radius 1 is 1.00 bits per heavy atom. The van der Waals surface area contributed by atoms with E-state index in [4.69, 9.17) is 11.6 Å². The van der Waals surface area contributed by atoms with E-state index in [9.17, 15) is 18.0 Å². The van der Waals surface area contributed by atoms with Crippen molar-refractivity contribution in [2.45, 2.75) is 37.5 Å². The van der Waals surface area contributed by atoms with Crippen LogP contribution in [0, 0.1) is 13.8 Å². The van der Waals surface area contributed by atoms with Gasteiger partial charge in [-0.15, -0.1) is 10.2 Å². The van der Waals surface area contributed by atoms with Gasteiger partial charge in [0.2, 0.25) is 0 Å². The highest BCUT2D eigenvalue weighted by molar-refractivity contribution is 7.98. The smallest absolute Gasteiger partial charge is 0.331 e. The SMILES string of the molecule is Cc1ccccc1CSc1nnc(CNC(=O)Nc2ccccc2C(F)(F)F)n1-c1cc(Cl)ccc1C. The Morgan fingerprint density at radius 3 is 2.49 bits per heavy atom. The second kappa shape index (κ2) is 11.3. The highest BCUT2D eigenvalue weighted by atomic mass is 35.5. The number of halogens is 4. The monoisotopic (exact) mass is 545 g/mol. The lowest BCUT2D eigenvalue weighted by atomic mass is 10.1. The van der Waals surface area contributed by atoms with E-state index in [1.54, 1.807) is 16.7 Å². The second-order valence-corrected chi connectivity index (χ2v) is 9.61. The first-order chi connectivity index (χ1) is 17.6. The van der Waals surface area contributed by atoms with Crippen LogP contribution in [0.2, 0.25) is 5.02 Å². The fraction of sp³-hybridized carbons (Fsp3) is 0.192. The number of thioether (sulfide) groups is 1. The molecular weight excluding hydrogens is 523 g/mol. The first-order valence-corrected chi connectivity index (χ1v) is 12.6. The van der Waals surface area contributed by atoms with Gasteiger partial charge >= 0.3 is 12.2 Å². The van der Waals surface area contributed by atoms with Gasteiger partial charge in [-0.2, -0.15) is 13.2 Å². The number of benzene rings is 3. The van der Waals surface area contributed by atoms with Crippen LogP contribution in [0.1, 0.15) is 28.1 Å². The topological polar surface area (TPSA) is 71.8 Å². The van der Waals surface area contributed by atoms with Crippen molar-refractivity contribution in [2.75, 3.05) is 5.32 Å². The fourth-order valence-corrected chi connectivity index (χ4v) is 4.86. The minimum Gasteiger partial charge on any atom is -0.331 e. The molecule has 4 rings (SSSR count). The van der Waals surface area contributed by atoms with Crippen LogP contribution in [0.5, 0.6) is 0 Å². The summed E-state index contributed by atoms with van der Waals surface area (Å²) in [6, 6.07) is 17.4. The third-order valence-corrected chi connectivity index (χ3v) is 6.83. The maximum Gasteiger partial charge on any atom is 0.418 e. The molecule has 1 aromatic heterocycles. The molecule has 0 atom stereocenters. The summed E-state index contributed by atoms with van der Waals surface area (Å²) in [7, 11) is 0. The molecule has 0 radical (unpaired) electrons. The van der Waals surface area contributed by atoms with Crippen LogP contribution in [0.4, 0.5) is 23.7 Å². The van der Waals surface area contributed by atoms with Crippen molar-refractivity contribution in [1.82, 2.24) is 20.1 Å². The number of amides is 2. The average Bonchev–Trinajstić information content (AvgIpc) is 3.26. The summed E-state index contributed by atoms with van der Waals surface area (Å²) in [5.41, 5.74) is 2.67. The van der Waals surface area contributed by atoms with Gasteiger partial charge in [-0.3, -0.25) is 4.57 Å². The number of carbonyl (C=O) groups is 1. The molecule has 11 heteroatoms. The normalized spacial score (nSPS) is 11.4. The minimum atomic E-state index is -4.60. The number of hydrogen-bond donors (Lipinski definition) is 2. The maximum absolute atomic E-state index is 13.3. The molecule has 0 saturated carbocycles. The quantitative estimate of drug-likeness (QED) is 0.241. The molecule has 6 nitrogen and oxygen atoms in total. The van der Waals surface area contributed by atoms with Gasteiger partial charge in [-0.1, -0.05) is 65.8 Å². The van der Waals surface area contributed by atoms with E-state index in [2.05, 4.69) is 20.8 Å². The fourth-order valence-electron chi connectivity index (χ4n) is 3.65. The zero-order valence-corrected chi connectivity index (χ0v) is 21.5. The zero-order valence-electron chi connectivity index (χ0n) is 19.9. The molecule has 1 heterocycles. The first kappa shape index (κ1) is 26.6. The number of hydrogen-bond acceptors (Lipinski definition) is 4. The molecule has 0 fully saturated rings. The van der Waals surface area contributed by atoms with Crippen molar-refractivity contribution in [3.63, 3.8) is 0 Å². The number of para-hydroxylation sites is 1. The molecule has 0 aliphatic carbocycles. The molecule has 0 aliphatic heterocycles. The molecule has 0 spiro atoms. The summed E-state index contributed by atoms with van der Waals surface area (Å²) in [6.45, 7) is 3.87. The van der Waals surface area contributed by atoms with Crippen molar-refractivity contribution < 1.29 is 18.0 Å². The number of rotatable bonds is 7. The molecule has 4 aromatic rings. The highest BCUT2D eigenvalue weighted by Gasteiger charge is 2.33. The van der Waals surface area contributed by atoms with E-state index >= 15 is 0 Å². The third kappa shape index (κ3) is 6.44. The van der Waals surface area contributed by atoms with Gasteiger partial charge in [0.05, 0.1) is 23.5 Å². The number of aryl methyl sites for hydroxylation is 2. The van der Waals surface area contributed by atoms with E-state index in [0.29, 0.717) is 21.8 Å². The number of anilines is 1. The van der Waals surface area contributed by atoms with Crippen LogP contribution in [0.25, 0.3) is 5.69 Å². The van der Waals surface area contributed by atoms with Gasteiger partial charge in [0, 0.05) is 10.8 Å². The molecule has 0 unspecified atom stereocenters. The lowest BCUT2D eigenvalue weighted by Crippen LogP contribution is -2.30. The highest BCUT2D eigenvalue weighted by Crippen LogP contribution is 2.34. The van der Waals surface area contributed by atoms with Crippen molar-refractivity contribution >= 4 is 35.1 Å². The van der Waals surface area contributed by atoms with Crippen molar-refractivity contribution in [3.05, 3.63) is 99.8 Å². The van der Waals surface area contributed by atoms with E-state index in [-0.39, 0.29) is 12.2 Å². The number of nitrogens with zero attached hydrogens (tertiary/aromatic N) is 3. The Morgan fingerprint density at radius 2 is 1.73 bits per heavy atom. The average molecular weight is 546 g/mol. The van der Waals surface area contributed by atoms with E-state index in [0.717, 1.165) is 28.4 Å². The lowest BCUT2D eigenvalue weighted by Gasteiger charge is -2.15. The number of aromatic nitrogens is 3. The molecule has 192 valence electrons. The summed E-state index contributed by atoms with van der Waals surface area (Å²) < 4.78 is 41.6. The zero-order chi connectivity index (χ0) is 26.6. The molecule has 0 saturated heterocycles. The van der Waals surface area contributed by atoms with Gasteiger partial charge in [-0.05, 0) is 54.8 Å². The van der Waals surface area contributed by atoms with E-state index in [1.165, 1.54) is 30.0 Å². The Hall–Kier alpha value is -3.50. The Balaban J connectivity index is 1.57. The number of carbonyl (C=O) groups excluding carboxylic acids is 1. The molecular formula is C26H23ClF3N5OS. The van der Waals surface area contributed by atoms with E-state index < -0.39 is 17.8 Å². The van der Waals surface area contributed by atoms with E-state index in [1.807, 2.05) is 44.2 Å². The van der Waals surface area contributed by atoms with Crippen LogP contribution in [0.3, 0.4) is 0 Å². The van der Waals surface area contributed by atoms with Crippen LogP contribution >= 0.6 is 23.4 Å². The van der Waals surface area contributed by atoms with Crippen molar-refractivity contribution in [3.8, 4) is 5.69 Å². The summed E-state index contributed by atoms with van der Waals surface area (Å²) in [5, 5.41) is 14.6. The summed E-state index contributed by atoms with van der Waals surface area (Å²) in [6.07, 6.45) is -4.60. The van der Waals surface area contributed by atoms with Gasteiger partial charge in [-0.25, -0.2) is 4.79 Å². The number of nitrogens with one attached hydrogen (secondary N) is 2. The Kier molecular flexibility index (Phi) is 8.09. The molecule has 2 amide bonds. The molecule has 0 aliphatic rings. The maximum atomic E-state index is 13.3. The van der Waals surface area contributed by atoms with Gasteiger partial charge in [0.1, 0.15) is 0 Å². The Labute approximate surface area is 221 Å². The first-order valence-electron chi connectivity index (χ1n) is 11.2. The molecule has 37 heavy (non-hydrogen) atoms. The molecule has 2 N–H and O–H groups in total. The van der Waals surface area contributed by atoms with Gasteiger partial charge in [0.25, 0.3) is 0 Å². The minimum absolute atomic E-state index is 0.0795. The van der Waals surface area contributed by atoms with Gasteiger partial charge < -0.3 is 10.6 Å². The van der Waals surface area contributed by atoms with Crippen LogP contribution in [-0.4, -0.2) is 20.8 Å². The van der Waals surface area contributed by atoms with Crippen molar-refractivity contribution in [2.24, 2.45) is 0 Å². The predicted molar refractivity (Wildman–Crippen MR) is 139 cm³/mol. The number of urea groups is 1. The third-order valence-electron chi connectivity index (χ3n) is 5.62. The molecule has 0 bridgehead atoms. The summed E-state index contributed by atoms with van der Waals surface area (Å²) in [4.78, 5) is 12.5.